The van der Waals surface area contributed by atoms with E-state index in [1.165, 1.54) is 6.20 Å². The summed E-state index contributed by atoms with van der Waals surface area (Å²) in [4.78, 5) is 16.4. The van der Waals surface area contributed by atoms with Crippen LogP contribution in [0.5, 0.6) is 5.75 Å². The first-order valence-electron chi connectivity index (χ1n) is 8.01. The first kappa shape index (κ1) is 17.9. The monoisotopic (exact) mass is 332 g/mol. The lowest BCUT2D eigenvalue weighted by molar-refractivity contribution is 0.262. The molecule has 2 unspecified atom stereocenters. The van der Waals surface area contributed by atoms with E-state index in [1.807, 2.05) is 0 Å². The molecule has 2 heterocycles. The van der Waals surface area contributed by atoms with Gasteiger partial charge in [0.2, 0.25) is 5.95 Å². The summed E-state index contributed by atoms with van der Waals surface area (Å²) < 4.78 is 5.76. The first-order chi connectivity index (χ1) is 11.6. The van der Waals surface area contributed by atoms with Gasteiger partial charge in [-0.2, -0.15) is 4.98 Å². The number of aliphatic hydroxyl groups excluding tert-OH is 1. The fourth-order valence-electron chi connectivity index (χ4n) is 2.25. The van der Waals surface area contributed by atoms with Crippen LogP contribution in [0.1, 0.15) is 32.4 Å². The second-order valence-electron chi connectivity index (χ2n) is 5.58. The summed E-state index contributed by atoms with van der Waals surface area (Å²) in [7, 11) is 0. The van der Waals surface area contributed by atoms with E-state index in [0.29, 0.717) is 29.6 Å². The summed E-state index contributed by atoms with van der Waals surface area (Å²) in [5.74, 6) is 1.53. The van der Waals surface area contributed by atoms with Crippen molar-refractivity contribution in [3.05, 3.63) is 30.5 Å². The predicted octanol–water partition coefficient (Wildman–Crippen LogP) is 1.64. The molecule has 0 radical (unpaired) electrons. The fourth-order valence-corrected chi connectivity index (χ4v) is 2.25. The van der Waals surface area contributed by atoms with Crippen LogP contribution in [0.25, 0.3) is 0 Å². The minimum absolute atomic E-state index is 0.0631. The van der Waals surface area contributed by atoms with Crippen molar-refractivity contribution < 1.29 is 9.84 Å². The Labute approximate surface area is 141 Å². The average Bonchev–Trinajstić information content (AvgIpc) is 2.61. The smallest absolute Gasteiger partial charge is 0.222 e. The molecule has 0 saturated heterocycles. The molecule has 0 bridgehead atoms. The third kappa shape index (κ3) is 5.02. The summed E-state index contributed by atoms with van der Waals surface area (Å²) in [6.07, 6.45) is 7.98. The number of nitrogens with one attached hydrogen (secondary N) is 1. The number of anilines is 2. The molecule has 0 aromatic carbocycles. The molecular weight excluding hydrogens is 308 g/mol. The molecular formula is C16H24N6O2. The van der Waals surface area contributed by atoms with Gasteiger partial charge >= 0.3 is 0 Å². The van der Waals surface area contributed by atoms with Gasteiger partial charge in [0.1, 0.15) is 6.61 Å². The van der Waals surface area contributed by atoms with Crippen LogP contribution in [0.15, 0.2) is 24.8 Å². The normalized spacial score (nSPS) is 13.3. The van der Waals surface area contributed by atoms with Gasteiger partial charge in [0.15, 0.2) is 11.6 Å². The minimum Gasteiger partial charge on any atom is -0.482 e. The highest BCUT2D eigenvalue weighted by molar-refractivity contribution is 5.52. The molecule has 0 fully saturated rings. The molecule has 0 aliphatic rings. The Balaban J connectivity index is 2.14. The van der Waals surface area contributed by atoms with E-state index >= 15 is 0 Å². The topological polar surface area (TPSA) is 119 Å². The van der Waals surface area contributed by atoms with Crippen LogP contribution in [0.3, 0.4) is 0 Å². The van der Waals surface area contributed by atoms with Gasteiger partial charge in [-0.1, -0.05) is 20.3 Å². The molecule has 8 heteroatoms. The summed E-state index contributed by atoms with van der Waals surface area (Å²) >= 11 is 0. The highest BCUT2D eigenvalue weighted by Gasteiger charge is 2.18. The van der Waals surface area contributed by atoms with Crippen LogP contribution < -0.4 is 15.8 Å². The zero-order valence-electron chi connectivity index (χ0n) is 14.0. The van der Waals surface area contributed by atoms with E-state index in [9.17, 15) is 5.11 Å². The molecule has 130 valence electrons. The number of hydrogen-bond donors (Lipinski definition) is 3. The molecule has 2 atom stereocenters. The lowest BCUT2D eigenvalue weighted by atomic mass is 9.96. The van der Waals surface area contributed by atoms with Crippen molar-refractivity contribution in [2.24, 2.45) is 5.92 Å². The Bertz CT molecular complexity index is 625. The molecule has 2 rings (SSSR count). The highest BCUT2D eigenvalue weighted by atomic mass is 16.5. The lowest BCUT2D eigenvalue weighted by Crippen LogP contribution is -2.29. The maximum atomic E-state index is 9.29. The van der Waals surface area contributed by atoms with Crippen LogP contribution >= 0.6 is 0 Å². The number of aliphatic hydroxyl groups is 1. The molecule has 0 aliphatic heterocycles. The summed E-state index contributed by atoms with van der Waals surface area (Å²) in [6.45, 7) is 4.58. The Hall–Kier alpha value is -2.48. The zero-order valence-corrected chi connectivity index (χ0v) is 14.0. The number of ether oxygens (including phenoxy) is 1. The van der Waals surface area contributed by atoms with Gasteiger partial charge in [-0.05, 0) is 12.3 Å². The third-order valence-electron chi connectivity index (χ3n) is 3.86. The summed E-state index contributed by atoms with van der Waals surface area (Å²) in [5.41, 5.74) is 6.41. The molecule has 0 saturated carbocycles. The number of nitrogens with zero attached hydrogens (tertiary/aromatic N) is 4. The van der Waals surface area contributed by atoms with Crippen molar-refractivity contribution >= 4 is 11.8 Å². The first-order valence-corrected chi connectivity index (χ1v) is 8.01. The number of nitrogens with two attached hydrogens (primary N) is 1. The van der Waals surface area contributed by atoms with E-state index in [4.69, 9.17) is 10.5 Å². The number of nitrogen functional groups attached to an aromatic ring is 1. The van der Waals surface area contributed by atoms with Gasteiger partial charge in [0, 0.05) is 25.0 Å². The largest absolute Gasteiger partial charge is 0.482 e. The van der Waals surface area contributed by atoms with Gasteiger partial charge in [-0.25, -0.2) is 4.98 Å². The Morgan fingerprint density at radius 3 is 2.79 bits per heavy atom. The maximum Gasteiger partial charge on any atom is 0.222 e. The van der Waals surface area contributed by atoms with E-state index in [1.54, 1.807) is 18.6 Å². The molecule has 0 aliphatic carbocycles. The van der Waals surface area contributed by atoms with E-state index in [-0.39, 0.29) is 25.2 Å². The van der Waals surface area contributed by atoms with Gasteiger partial charge in [-0.3, -0.25) is 9.97 Å². The molecule has 8 nitrogen and oxygen atoms in total. The Morgan fingerprint density at radius 2 is 2.12 bits per heavy atom. The van der Waals surface area contributed by atoms with Crippen molar-refractivity contribution in [2.45, 2.75) is 39.3 Å². The summed E-state index contributed by atoms with van der Waals surface area (Å²) in [6, 6.07) is 0.0631. The van der Waals surface area contributed by atoms with Crippen molar-refractivity contribution in [1.82, 2.24) is 19.9 Å². The van der Waals surface area contributed by atoms with E-state index in [0.717, 1.165) is 6.42 Å². The van der Waals surface area contributed by atoms with Crippen LogP contribution in [0.2, 0.25) is 0 Å². The quantitative estimate of drug-likeness (QED) is 0.634. The van der Waals surface area contributed by atoms with Crippen molar-refractivity contribution in [3.63, 3.8) is 0 Å². The minimum atomic E-state index is 0.0631. The van der Waals surface area contributed by atoms with E-state index in [2.05, 4.69) is 39.1 Å². The van der Waals surface area contributed by atoms with Crippen LogP contribution in [0, 0.1) is 5.92 Å². The highest BCUT2D eigenvalue weighted by Crippen LogP contribution is 2.26. The van der Waals surface area contributed by atoms with Gasteiger partial charge in [-0.15, -0.1) is 0 Å². The zero-order chi connectivity index (χ0) is 17.4. The average molecular weight is 332 g/mol. The Morgan fingerprint density at radius 1 is 1.29 bits per heavy atom. The Kier molecular flexibility index (Phi) is 6.68. The van der Waals surface area contributed by atoms with Crippen molar-refractivity contribution in [2.75, 3.05) is 17.7 Å². The second-order valence-corrected chi connectivity index (χ2v) is 5.58. The SMILES string of the molecule is CCC(C)C(CCO)Nc1nc(N)ncc1OCc1cnccn1. The van der Waals surface area contributed by atoms with Crippen LogP contribution in [0.4, 0.5) is 11.8 Å². The number of rotatable bonds is 9. The predicted molar refractivity (Wildman–Crippen MR) is 91.4 cm³/mol. The molecule has 2 aromatic rings. The third-order valence-corrected chi connectivity index (χ3v) is 3.86. The fraction of sp³-hybridized carbons (Fsp3) is 0.500. The maximum absolute atomic E-state index is 9.29. The molecule has 24 heavy (non-hydrogen) atoms. The van der Waals surface area contributed by atoms with Gasteiger partial charge < -0.3 is 20.9 Å². The second kappa shape index (κ2) is 8.97. The number of hydrogen-bond acceptors (Lipinski definition) is 8. The lowest BCUT2D eigenvalue weighted by Gasteiger charge is -2.25. The van der Waals surface area contributed by atoms with Gasteiger partial charge in [0.05, 0.1) is 18.1 Å². The van der Waals surface area contributed by atoms with Crippen molar-refractivity contribution in [1.29, 1.82) is 0 Å². The molecule has 2 aromatic heterocycles. The van der Waals surface area contributed by atoms with E-state index < -0.39 is 0 Å². The molecule has 0 amide bonds. The van der Waals surface area contributed by atoms with Crippen molar-refractivity contribution in [3.8, 4) is 5.75 Å². The standard InChI is InChI=1S/C16H24N6O2/c1-3-11(2)13(4-7-23)21-15-14(9-20-16(17)22-15)24-10-12-8-18-5-6-19-12/h5-6,8-9,11,13,23H,3-4,7,10H2,1-2H3,(H3,17,20,21,22). The number of aromatic nitrogens is 4. The van der Waals surface area contributed by atoms with Crippen LogP contribution in [-0.4, -0.2) is 37.7 Å². The molecule has 4 N–H and O–H groups in total. The summed E-state index contributed by atoms with van der Waals surface area (Å²) in [5, 5.41) is 12.6. The van der Waals surface area contributed by atoms with Crippen LogP contribution in [-0.2, 0) is 6.61 Å². The van der Waals surface area contributed by atoms with Gasteiger partial charge in [0.25, 0.3) is 0 Å². The molecule has 0 spiro atoms.